The van der Waals surface area contributed by atoms with Crippen molar-refractivity contribution >= 4 is 17.8 Å². The first kappa shape index (κ1) is 18.0. The molecule has 132 valence electrons. The molecule has 0 radical (unpaired) electrons. The highest BCUT2D eigenvalue weighted by atomic mass is 16.5. The number of H-pyrrole nitrogens is 1. The van der Waals surface area contributed by atoms with Crippen LogP contribution >= 0.6 is 0 Å². The van der Waals surface area contributed by atoms with Gasteiger partial charge in [-0.15, -0.1) is 0 Å². The largest absolute Gasteiger partial charge is 0.461 e. The molecule has 0 unspecified atom stereocenters. The van der Waals surface area contributed by atoms with Crippen molar-refractivity contribution in [3.63, 3.8) is 0 Å². The van der Waals surface area contributed by atoms with Crippen LogP contribution in [0, 0.1) is 19.8 Å². The van der Waals surface area contributed by atoms with Crippen LogP contribution < -0.4 is 5.32 Å². The molecular weight excluding hydrogens is 312 g/mol. The number of hydrogen-bond acceptors (Lipinski definition) is 5. The Morgan fingerprint density at radius 1 is 1.21 bits per heavy atom. The Morgan fingerprint density at radius 2 is 1.88 bits per heavy atom. The highest BCUT2D eigenvalue weighted by Gasteiger charge is 2.29. The van der Waals surface area contributed by atoms with Crippen LogP contribution in [0.4, 0.5) is 0 Å². The van der Waals surface area contributed by atoms with E-state index in [1.807, 2.05) is 6.92 Å². The van der Waals surface area contributed by atoms with Gasteiger partial charge in [0.2, 0.25) is 0 Å². The van der Waals surface area contributed by atoms with E-state index in [0.717, 1.165) is 12.8 Å². The average Bonchev–Trinajstić information content (AvgIpc) is 3.31. The van der Waals surface area contributed by atoms with Crippen molar-refractivity contribution in [2.45, 2.75) is 46.6 Å². The summed E-state index contributed by atoms with van der Waals surface area (Å²) < 4.78 is 10.0. The Labute approximate surface area is 141 Å². The van der Waals surface area contributed by atoms with Gasteiger partial charge in [0.15, 0.2) is 6.61 Å². The van der Waals surface area contributed by atoms with Gasteiger partial charge in [-0.25, -0.2) is 9.59 Å². The molecule has 1 aliphatic carbocycles. The lowest BCUT2D eigenvalue weighted by atomic mass is 10.1. The molecule has 1 amide bonds. The zero-order chi connectivity index (χ0) is 17.9. The molecule has 1 heterocycles. The molecule has 0 saturated heterocycles. The van der Waals surface area contributed by atoms with E-state index in [4.69, 9.17) is 9.47 Å². The highest BCUT2D eigenvalue weighted by molar-refractivity contribution is 5.99. The summed E-state index contributed by atoms with van der Waals surface area (Å²) in [4.78, 5) is 38.7. The summed E-state index contributed by atoms with van der Waals surface area (Å²) >= 11 is 0. The first-order valence-electron chi connectivity index (χ1n) is 8.17. The summed E-state index contributed by atoms with van der Waals surface area (Å²) in [7, 11) is 0. The maximum atomic E-state index is 12.2. The molecule has 0 bridgehead atoms. The second-order valence-electron chi connectivity index (χ2n) is 6.12. The van der Waals surface area contributed by atoms with Crippen molar-refractivity contribution in [3.05, 3.63) is 22.5 Å². The molecule has 1 aliphatic rings. The third-order valence-electron chi connectivity index (χ3n) is 4.17. The van der Waals surface area contributed by atoms with Crippen molar-refractivity contribution in [3.8, 4) is 0 Å². The summed E-state index contributed by atoms with van der Waals surface area (Å²) in [5.41, 5.74) is 1.46. The molecule has 1 aromatic rings. The molecule has 1 fully saturated rings. The maximum Gasteiger partial charge on any atom is 0.355 e. The molecule has 24 heavy (non-hydrogen) atoms. The van der Waals surface area contributed by atoms with Gasteiger partial charge in [-0.2, -0.15) is 0 Å². The second-order valence-corrected chi connectivity index (χ2v) is 6.12. The van der Waals surface area contributed by atoms with E-state index in [1.54, 1.807) is 20.8 Å². The molecular formula is C17H24N2O5. The molecule has 1 saturated carbocycles. The number of ether oxygens (including phenoxy) is 2. The van der Waals surface area contributed by atoms with E-state index < -0.39 is 11.9 Å². The number of esters is 2. The molecule has 2 N–H and O–H groups in total. The number of nitrogens with one attached hydrogen (secondary N) is 2. The first-order valence-corrected chi connectivity index (χ1v) is 8.17. The molecule has 0 aromatic carbocycles. The predicted molar refractivity (Wildman–Crippen MR) is 86.8 cm³/mol. The fourth-order valence-electron chi connectivity index (χ4n) is 2.68. The fraction of sp³-hybridized carbons (Fsp3) is 0.588. The van der Waals surface area contributed by atoms with E-state index in [-0.39, 0.29) is 36.4 Å². The van der Waals surface area contributed by atoms with Gasteiger partial charge in [0, 0.05) is 11.7 Å². The number of aromatic nitrogens is 1. The van der Waals surface area contributed by atoms with Crippen LogP contribution in [0.5, 0.6) is 0 Å². The van der Waals surface area contributed by atoms with E-state index in [1.165, 1.54) is 0 Å². The maximum absolute atomic E-state index is 12.2. The van der Waals surface area contributed by atoms with Gasteiger partial charge in [-0.1, -0.05) is 0 Å². The van der Waals surface area contributed by atoms with E-state index >= 15 is 0 Å². The van der Waals surface area contributed by atoms with Gasteiger partial charge < -0.3 is 19.8 Å². The van der Waals surface area contributed by atoms with Crippen molar-refractivity contribution in [1.82, 2.24) is 10.3 Å². The summed E-state index contributed by atoms with van der Waals surface area (Å²) in [6.07, 6.45) is 2.25. The highest BCUT2D eigenvalue weighted by Crippen LogP contribution is 2.32. The van der Waals surface area contributed by atoms with Crippen LogP contribution in [-0.2, 0) is 14.3 Å². The fourth-order valence-corrected chi connectivity index (χ4v) is 2.68. The van der Waals surface area contributed by atoms with E-state index in [2.05, 4.69) is 10.3 Å². The van der Waals surface area contributed by atoms with Gasteiger partial charge in [0.05, 0.1) is 12.2 Å². The molecule has 2 rings (SSSR count). The second kappa shape index (κ2) is 7.51. The third kappa shape index (κ3) is 4.15. The van der Waals surface area contributed by atoms with Gasteiger partial charge >= 0.3 is 11.9 Å². The quantitative estimate of drug-likeness (QED) is 0.741. The lowest BCUT2D eigenvalue weighted by Gasteiger charge is -2.12. The molecule has 0 spiro atoms. The lowest BCUT2D eigenvalue weighted by molar-refractivity contribution is -0.125. The van der Waals surface area contributed by atoms with Crippen LogP contribution in [0.25, 0.3) is 0 Å². The van der Waals surface area contributed by atoms with Crippen molar-refractivity contribution in [1.29, 1.82) is 0 Å². The Kier molecular flexibility index (Phi) is 5.64. The summed E-state index contributed by atoms with van der Waals surface area (Å²) in [6, 6.07) is 0.0994. The minimum absolute atomic E-state index is 0.0994. The molecule has 0 aliphatic heterocycles. The van der Waals surface area contributed by atoms with Gasteiger partial charge in [0.25, 0.3) is 5.91 Å². The van der Waals surface area contributed by atoms with E-state index in [9.17, 15) is 14.4 Å². The van der Waals surface area contributed by atoms with E-state index in [0.29, 0.717) is 17.2 Å². The van der Waals surface area contributed by atoms with Gasteiger partial charge in [-0.3, -0.25) is 4.79 Å². The molecule has 7 nitrogen and oxygen atoms in total. The van der Waals surface area contributed by atoms with Crippen LogP contribution in [0.2, 0.25) is 0 Å². The van der Waals surface area contributed by atoms with Gasteiger partial charge in [0.1, 0.15) is 5.69 Å². The van der Waals surface area contributed by atoms with Crippen LogP contribution in [0.3, 0.4) is 0 Å². The number of carbonyl (C=O) groups excluding carboxylic acids is 3. The van der Waals surface area contributed by atoms with Crippen molar-refractivity contribution in [2.75, 3.05) is 13.2 Å². The minimum Gasteiger partial charge on any atom is -0.461 e. The Bertz CT molecular complexity index is 646. The van der Waals surface area contributed by atoms with Gasteiger partial charge in [-0.05, 0) is 52.0 Å². The minimum atomic E-state index is -0.633. The third-order valence-corrected chi connectivity index (χ3v) is 4.17. The molecule has 7 heteroatoms. The summed E-state index contributed by atoms with van der Waals surface area (Å²) in [6.45, 7) is 6.87. The normalized spacial score (nSPS) is 14.8. The average molecular weight is 336 g/mol. The Morgan fingerprint density at radius 3 is 2.46 bits per heavy atom. The molecule has 1 atom stereocenters. The Balaban J connectivity index is 1.96. The topological polar surface area (TPSA) is 97.5 Å². The lowest BCUT2D eigenvalue weighted by Crippen LogP contribution is -2.37. The zero-order valence-corrected chi connectivity index (χ0v) is 14.5. The predicted octanol–water partition coefficient (Wildman–Crippen LogP) is 1.88. The number of rotatable bonds is 7. The molecule has 1 aromatic heterocycles. The summed E-state index contributed by atoms with van der Waals surface area (Å²) in [5.74, 6) is -0.940. The number of aromatic amines is 1. The van der Waals surface area contributed by atoms with Crippen molar-refractivity contribution < 1.29 is 23.9 Å². The van der Waals surface area contributed by atoms with Crippen LogP contribution in [0.15, 0.2) is 0 Å². The first-order chi connectivity index (χ1) is 11.3. The number of aryl methyl sites for hydroxylation is 1. The van der Waals surface area contributed by atoms with Crippen LogP contribution in [0.1, 0.15) is 58.8 Å². The van der Waals surface area contributed by atoms with Crippen molar-refractivity contribution in [2.24, 2.45) is 5.92 Å². The number of hydrogen-bond donors (Lipinski definition) is 2. The monoisotopic (exact) mass is 336 g/mol. The standard InChI is InChI=1S/C17H24N2O5/c1-5-23-17(22)15-9(2)14(11(4)19-15)16(21)24-8-13(20)18-10(3)12-6-7-12/h10,12,19H,5-8H2,1-4H3,(H,18,20)/t10-/m1/s1. The smallest absolute Gasteiger partial charge is 0.355 e. The zero-order valence-electron chi connectivity index (χ0n) is 14.5. The SMILES string of the molecule is CCOC(=O)c1[nH]c(C)c(C(=O)OCC(=O)N[C@H](C)C2CC2)c1C. The number of carbonyl (C=O) groups is 3. The number of amides is 1. The Hall–Kier alpha value is -2.31. The summed E-state index contributed by atoms with van der Waals surface area (Å²) in [5, 5.41) is 2.82. The van der Waals surface area contributed by atoms with Crippen LogP contribution in [-0.4, -0.2) is 42.1 Å².